The van der Waals surface area contributed by atoms with E-state index in [1.807, 2.05) is 18.2 Å². The maximum Gasteiger partial charge on any atom is 0.259 e. The van der Waals surface area contributed by atoms with Gasteiger partial charge in [-0.1, -0.05) is 29.8 Å². The van der Waals surface area contributed by atoms with Gasteiger partial charge in [0.2, 0.25) is 0 Å². The van der Waals surface area contributed by atoms with Gasteiger partial charge >= 0.3 is 0 Å². The molecule has 0 aromatic heterocycles. The number of hydrogen-bond donors (Lipinski definition) is 1. The Morgan fingerprint density at radius 1 is 1.29 bits per heavy atom. The Kier molecular flexibility index (Phi) is 6.05. The fourth-order valence-corrected chi connectivity index (χ4v) is 2.25. The van der Waals surface area contributed by atoms with Crippen molar-refractivity contribution in [1.82, 2.24) is 4.90 Å². The summed E-state index contributed by atoms with van der Waals surface area (Å²) in [4.78, 5) is 13.0. The quantitative estimate of drug-likeness (QED) is 0.874. The van der Waals surface area contributed by atoms with E-state index in [0.717, 1.165) is 5.56 Å². The number of likely N-dealkylation sites (N-methyl/N-ethyl adjacent to an activating group) is 1. The Bertz CT molecular complexity index is 769. The number of ether oxygens (including phenoxy) is 1. The standard InChI is InChI=1S/C18H18ClN3O2/c1-22(2)17(23)12-24-15-7-3-5-13(9-15)11-21-18-14(10-20)6-4-8-16(18)19/h3-9,21H,11-12H2,1-2H3. The van der Waals surface area contributed by atoms with E-state index in [0.29, 0.717) is 28.6 Å². The van der Waals surface area contributed by atoms with Gasteiger partial charge in [0.15, 0.2) is 6.61 Å². The van der Waals surface area contributed by atoms with E-state index in [2.05, 4.69) is 11.4 Å². The van der Waals surface area contributed by atoms with E-state index in [4.69, 9.17) is 21.6 Å². The fraction of sp³-hybridized carbons (Fsp3) is 0.222. The molecule has 1 amide bonds. The number of amides is 1. The smallest absolute Gasteiger partial charge is 0.259 e. The Morgan fingerprint density at radius 3 is 2.75 bits per heavy atom. The van der Waals surface area contributed by atoms with Crippen molar-refractivity contribution in [3.8, 4) is 11.8 Å². The van der Waals surface area contributed by atoms with Gasteiger partial charge in [-0.3, -0.25) is 4.79 Å². The molecule has 2 rings (SSSR count). The second-order valence-corrected chi connectivity index (χ2v) is 5.76. The van der Waals surface area contributed by atoms with E-state index in [-0.39, 0.29) is 12.5 Å². The summed E-state index contributed by atoms with van der Waals surface area (Å²) in [6, 6.07) is 14.7. The first-order valence-corrected chi connectivity index (χ1v) is 7.73. The van der Waals surface area contributed by atoms with Crippen LogP contribution in [-0.2, 0) is 11.3 Å². The van der Waals surface area contributed by atoms with E-state index in [9.17, 15) is 4.79 Å². The number of hydrogen-bond acceptors (Lipinski definition) is 4. The second kappa shape index (κ2) is 8.23. The molecule has 0 radical (unpaired) electrons. The Hall–Kier alpha value is -2.71. The Balaban J connectivity index is 2.03. The number of nitrogens with zero attached hydrogens (tertiary/aromatic N) is 2. The molecule has 0 unspecified atom stereocenters. The molecule has 0 saturated carbocycles. The predicted molar refractivity (Wildman–Crippen MR) is 94.1 cm³/mol. The number of rotatable bonds is 6. The lowest BCUT2D eigenvalue weighted by atomic mass is 10.1. The molecule has 0 atom stereocenters. The minimum Gasteiger partial charge on any atom is -0.484 e. The third-order valence-electron chi connectivity index (χ3n) is 3.36. The average molecular weight is 344 g/mol. The molecule has 5 nitrogen and oxygen atoms in total. The lowest BCUT2D eigenvalue weighted by Gasteiger charge is -2.13. The van der Waals surface area contributed by atoms with E-state index >= 15 is 0 Å². The zero-order valence-corrected chi connectivity index (χ0v) is 14.3. The number of carbonyl (C=O) groups excluding carboxylic acids is 1. The zero-order chi connectivity index (χ0) is 17.5. The van der Waals surface area contributed by atoms with Crippen LogP contribution in [0.3, 0.4) is 0 Å². The van der Waals surface area contributed by atoms with Crippen LogP contribution in [0, 0.1) is 11.3 Å². The average Bonchev–Trinajstić information content (AvgIpc) is 2.58. The number of para-hydroxylation sites is 1. The molecule has 24 heavy (non-hydrogen) atoms. The SMILES string of the molecule is CN(C)C(=O)COc1cccc(CNc2c(Cl)cccc2C#N)c1. The van der Waals surface area contributed by atoms with Crippen molar-refractivity contribution in [2.45, 2.75) is 6.54 Å². The highest BCUT2D eigenvalue weighted by molar-refractivity contribution is 6.33. The van der Waals surface area contributed by atoms with Gasteiger partial charge in [-0.2, -0.15) is 5.26 Å². The highest BCUT2D eigenvalue weighted by Gasteiger charge is 2.08. The van der Waals surface area contributed by atoms with Crippen molar-refractivity contribution in [3.63, 3.8) is 0 Å². The molecule has 2 aromatic rings. The van der Waals surface area contributed by atoms with Crippen LogP contribution in [0.1, 0.15) is 11.1 Å². The monoisotopic (exact) mass is 343 g/mol. The van der Waals surface area contributed by atoms with Crippen molar-refractivity contribution in [2.24, 2.45) is 0 Å². The first-order valence-electron chi connectivity index (χ1n) is 7.35. The van der Waals surface area contributed by atoms with Crippen LogP contribution in [0.5, 0.6) is 5.75 Å². The maximum atomic E-state index is 11.6. The first kappa shape index (κ1) is 17.6. The molecule has 0 aliphatic carbocycles. The highest BCUT2D eigenvalue weighted by atomic mass is 35.5. The van der Waals surface area contributed by atoms with Crippen LogP contribution in [0.15, 0.2) is 42.5 Å². The van der Waals surface area contributed by atoms with Gasteiger partial charge in [-0.05, 0) is 29.8 Å². The number of halogens is 1. The van der Waals surface area contributed by atoms with Gasteiger partial charge in [0.25, 0.3) is 5.91 Å². The molecular weight excluding hydrogens is 326 g/mol. The van der Waals surface area contributed by atoms with E-state index in [1.165, 1.54) is 4.90 Å². The lowest BCUT2D eigenvalue weighted by molar-refractivity contribution is -0.130. The molecule has 1 N–H and O–H groups in total. The highest BCUT2D eigenvalue weighted by Crippen LogP contribution is 2.26. The minimum atomic E-state index is -0.103. The van der Waals surface area contributed by atoms with Gasteiger partial charge in [0, 0.05) is 20.6 Å². The zero-order valence-electron chi connectivity index (χ0n) is 13.5. The van der Waals surface area contributed by atoms with Gasteiger partial charge < -0.3 is 15.0 Å². The number of nitrogens with one attached hydrogen (secondary N) is 1. The molecular formula is C18H18ClN3O2. The summed E-state index contributed by atoms with van der Waals surface area (Å²) in [6.07, 6.45) is 0. The van der Waals surface area contributed by atoms with Gasteiger partial charge in [0.1, 0.15) is 11.8 Å². The Morgan fingerprint density at radius 2 is 2.04 bits per heavy atom. The normalized spacial score (nSPS) is 9.92. The number of benzene rings is 2. The van der Waals surface area contributed by atoms with Gasteiger partial charge in [-0.25, -0.2) is 0 Å². The van der Waals surface area contributed by atoms with Crippen LogP contribution in [-0.4, -0.2) is 31.5 Å². The summed E-state index contributed by atoms with van der Waals surface area (Å²) in [7, 11) is 3.37. The third kappa shape index (κ3) is 4.64. The molecule has 0 spiro atoms. The molecule has 0 aliphatic rings. The van der Waals surface area contributed by atoms with Gasteiger partial charge in [0.05, 0.1) is 16.3 Å². The first-order chi connectivity index (χ1) is 11.5. The predicted octanol–water partition coefficient (Wildman–Crippen LogP) is 3.29. The summed E-state index contributed by atoms with van der Waals surface area (Å²) in [5.74, 6) is 0.512. The van der Waals surface area contributed by atoms with Crippen molar-refractivity contribution in [1.29, 1.82) is 5.26 Å². The second-order valence-electron chi connectivity index (χ2n) is 5.35. The van der Waals surface area contributed by atoms with Crippen molar-refractivity contribution >= 4 is 23.2 Å². The molecule has 2 aromatic carbocycles. The van der Waals surface area contributed by atoms with Crippen LogP contribution < -0.4 is 10.1 Å². The molecule has 0 fully saturated rings. The van der Waals surface area contributed by atoms with E-state index < -0.39 is 0 Å². The molecule has 0 aliphatic heterocycles. The summed E-state index contributed by atoms with van der Waals surface area (Å²) < 4.78 is 5.49. The fourth-order valence-electron chi connectivity index (χ4n) is 2.01. The van der Waals surface area contributed by atoms with Crippen LogP contribution in [0.25, 0.3) is 0 Å². The molecule has 0 saturated heterocycles. The summed E-state index contributed by atoms with van der Waals surface area (Å²) in [5.41, 5.74) is 2.05. The number of nitriles is 1. The molecule has 6 heteroatoms. The lowest BCUT2D eigenvalue weighted by Crippen LogP contribution is -2.27. The van der Waals surface area contributed by atoms with Crippen molar-refractivity contribution < 1.29 is 9.53 Å². The largest absolute Gasteiger partial charge is 0.484 e. The molecule has 0 bridgehead atoms. The summed E-state index contributed by atoms with van der Waals surface area (Å²) >= 11 is 6.14. The van der Waals surface area contributed by atoms with E-state index in [1.54, 1.807) is 38.4 Å². The maximum absolute atomic E-state index is 11.6. The van der Waals surface area contributed by atoms with Crippen LogP contribution in [0.4, 0.5) is 5.69 Å². The van der Waals surface area contributed by atoms with Crippen LogP contribution in [0.2, 0.25) is 5.02 Å². The number of anilines is 1. The minimum absolute atomic E-state index is 0.00697. The van der Waals surface area contributed by atoms with Crippen LogP contribution >= 0.6 is 11.6 Å². The molecule has 124 valence electrons. The summed E-state index contributed by atoms with van der Waals surface area (Å²) in [5, 5.41) is 12.8. The third-order valence-corrected chi connectivity index (χ3v) is 3.68. The van der Waals surface area contributed by atoms with Crippen molar-refractivity contribution in [2.75, 3.05) is 26.0 Å². The molecule has 0 heterocycles. The Labute approximate surface area is 146 Å². The number of carbonyl (C=O) groups is 1. The topological polar surface area (TPSA) is 65.4 Å². The summed E-state index contributed by atoms with van der Waals surface area (Å²) in [6.45, 7) is 0.476. The van der Waals surface area contributed by atoms with Crippen molar-refractivity contribution in [3.05, 3.63) is 58.6 Å². The van der Waals surface area contributed by atoms with Gasteiger partial charge in [-0.15, -0.1) is 0 Å².